The molecule has 0 radical (unpaired) electrons. The van der Waals surface area contributed by atoms with Crippen LogP contribution in [-0.4, -0.2) is 5.91 Å². The number of nitrogens with one attached hydrogen (secondary N) is 1. The molecule has 0 bridgehead atoms. The third-order valence-electron chi connectivity index (χ3n) is 4.87. The lowest BCUT2D eigenvalue weighted by molar-refractivity contribution is 0.0948. The third kappa shape index (κ3) is 5.26. The van der Waals surface area contributed by atoms with Crippen molar-refractivity contribution in [1.82, 2.24) is 5.32 Å². The van der Waals surface area contributed by atoms with Gasteiger partial charge in [-0.25, -0.2) is 0 Å². The van der Waals surface area contributed by atoms with Gasteiger partial charge in [0.1, 0.15) is 0 Å². The Morgan fingerprint density at radius 2 is 1.57 bits per heavy atom. The molecule has 3 aromatic rings. The average Bonchev–Trinajstić information content (AvgIpc) is 2.76. The molecule has 0 fully saturated rings. The van der Waals surface area contributed by atoms with Gasteiger partial charge in [-0.15, -0.1) is 11.8 Å². The van der Waals surface area contributed by atoms with Crippen molar-refractivity contribution in [2.24, 2.45) is 0 Å². The largest absolute Gasteiger partial charge is 0.348 e. The Morgan fingerprint density at radius 3 is 2.32 bits per heavy atom. The molecule has 3 aromatic carbocycles. The minimum Gasteiger partial charge on any atom is -0.348 e. The maximum absolute atomic E-state index is 12.9. The highest BCUT2D eigenvalue weighted by atomic mass is 32.2. The topological polar surface area (TPSA) is 29.1 Å². The molecule has 144 valence electrons. The number of thioether (sulfide) groups is 1. The number of carbonyl (C=O) groups excluding carboxylic acids is 1. The van der Waals surface area contributed by atoms with E-state index in [1.54, 1.807) is 11.8 Å². The van der Waals surface area contributed by atoms with Crippen molar-refractivity contribution in [3.8, 4) is 0 Å². The molecule has 0 aromatic heterocycles. The number of amides is 1. The van der Waals surface area contributed by atoms with Crippen LogP contribution in [0.25, 0.3) is 0 Å². The third-order valence-corrected chi connectivity index (χ3v) is 6.01. The average molecular weight is 390 g/mol. The summed E-state index contributed by atoms with van der Waals surface area (Å²) in [5.41, 5.74) is 5.81. The van der Waals surface area contributed by atoms with Crippen LogP contribution < -0.4 is 5.32 Å². The molecule has 3 rings (SSSR count). The van der Waals surface area contributed by atoms with Crippen molar-refractivity contribution in [3.05, 3.63) is 101 Å². The SMILES string of the molecule is CCc1ccc(CC)c(CNC(=O)c2ccccc2SCc2ccccc2)c1. The van der Waals surface area contributed by atoms with E-state index in [-0.39, 0.29) is 5.91 Å². The molecule has 2 nitrogen and oxygen atoms in total. The fourth-order valence-corrected chi connectivity index (χ4v) is 4.20. The molecular formula is C25H27NOS. The van der Waals surface area contributed by atoms with Crippen LogP contribution in [0.2, 0.25) is 0 Å². The summed E-state index contributed by atoms with van der Waals surface area (Å²) in [6, 6.07) is 24.8. The van der Waals surface area contributed by atoms with Crippen molar-refractivity contribution in [1.29, 1.82) is 0 Å². The van der Waals surface area contributed by atoms with Crippen LogP contribution in [-0.2, 0) is 25.1 Å². The Kier molecular flexibility index (Phi) is 7.32. The van der Waals surface area contributed by atoms with Crippen molar-refractivity contribution in [3.63, 3.8) is 0 Å². The first-order valence-corrected chi connectivity index (χ1v) is 10.8. The van der Waals surface area contributed by atoms with E-state index in [1.807, 2.05) is 42.5 Å². The van der Waals surface area contributed by atoms with Gasteiger partial charge in [0.25, 0.3) is 5.91 Å². The summed E-state index contributed by atoms with van der Waals surface area (Å²) < 4.78 is 0. The second-order valence-corrected chi connectivity index (χ2v) is 7.78. The van der Waals surface area contributed by atoms with Crippen molar-refractivity contribution < 1.29 is 4.79 Å². The molecular weight excluding hydrogens is 362 g/mol. The van der Waals surface area contributed by atoms with E-state index in [1.165, 1.54) is 22.3 Å². The fourth-order valence-electron chi connectivity index (χ4n) is 3.19. The fraction of sp³-hybridized carbons (Fsp3) is 0.240. The minimum absolute atomic E-state index is 0.0138. The summed E-state index contributed by atoms with van der Waals surface area (Å²) in [6.07, 6.45) is 1.97. The smallest absolute Gasteiger partial charge is 0.252 e. The first kappa shape index (κ1) is 20.2. The first-order chi connectivity index (χ1) is 13.7. The van der Waals surface area contributed by atoms with Gasteiger partial charge in [-0.05, 0) is 47.2 Å². The summed E-state index contributed by atoms with van der Waals surface area (Å²) in [7, 11) is 0. The van der Waals surface area contributed by atoms with Gasteiger partial charge >= 0.3 is 0 Å². The van der Waals surface area contributed by atoms with Gasteiger partial charge in [0.15, 0.2) is 0 Å². The zero-order valence-corrected chi connectivity index (χ0v) is 17.4. The highest BCUT2D eigenvalue weighted by Crippen LogP contribution is 2.26. The van der Waals surface area contributed by atoms with E-state index in [9.17, 15) is 4.79 Å². The Labute approximate surface area is 172 Å². The van der Waals surface area contributed by atoms with Crippen molar-refractivity contribution in [2.75, 3.05) is 0 Å². The van der Waals surface area contributed by atoms with Gasteiger partial charge < -0.3 is 5.32 Å². The molecule has 1 N–H and O–H groups in total. The van der Waals surface area contributed by atoms with Gasteiger partial charge in [-0.2, -0.15) is 0 Å². The van der Waals surface area contributed by atoms with E-state index in [0.717, 1.165) is 29.1 Å². The predicted molar refractivity (Wildman–Crippen MR) is 119 cm³/mol. The number of carbonyl (C=O) groups is 1. The quantitative estimate of drug-likeness (QED) is 0.476. The van der Waals surface area contributed by atoms with Crippen LogP contribution in [0.5, 0.6) is 0 Å². The molecule has 0 saturated carbocycles. The van der Waals surface area contributed by atoms with Gasteiger partial charge in [-0.1, -0.05) is 74.5 Å². The Hall–Kier alpha value is -2.52. The maximum atomic E-state index is 12.9. The number of benzene rings is 3. The Morgan fingerprint density at radius 1 is 0.821 bits per heavy atom. The highest BCUT2D eigenvalue weighted by molar-refractivity contribution is 7.98. The molecule has 0 unspecified atom stereocenters. The normalized spacial score (nSPS) is 10.6. The van der Waals surface area contributed by atoms with Crippen LogP contribution in [0.3, 0.4) is 0 Å². The molecule has 0 heterocycles. The van der Waals surface area contributed by atoms with Gasteiger partial charge in [0.2, 0.25) is 0 Å². The summed E-state index contributed by atoms with van der Waals surface area (Å²) in [4.78, 5) is 13.9. The van der Waals surface area contributed by atoms with Crippen LogP contribution in [0.1, 0.15) is 46.5 Å². The monoisotopic (exact) mass is 389 g/mol. The van der Waals surface area contributed by atoms with Crippen LogP contribution in [0.15, 0.2) is 77.7 Å². The van der Waals surface area contributed by atoms with Crippen LogP contribution >= 0.6 is 11.8 Å². The van der Waals surface area contributed by atoms with E-state index in [0.29, 0.717) is 6.54 Å². The second kappa shape index (κ2) is 10.1. The lowest BCUT2D eigenvalue weighted by Crippen LogP contribution is -2.24. The lowest BCUT2D eigenvalue weighted by Gasteiger charge is -2.13. The van der Waals surface area contributed by atoms with E-state index < -0.39 is 0 Å². The van der Waals surface area contributed by atoms with Crippen molar-refractivity contribution >= 4 is 17.7 Å². The molecule has 0 aliphatic carbocycles. The highest BCUT2D eigenvalue weighted by Gasteiger charge is 2.12. The summed E-state index contributed by atoms with van der Waals surface area (Å²) in [6.45, 7) is 4.87. The maximum Gasteiger partial charge on any atom is 0.252 e. The Balaban J connectivity index is 1.70. The number of rotatable bonds is 8. The molecule has 0 spiro atoms. The Bertz CT molecular complexity index is 921. The molecule has 3 heteroatoms. The predicted octanol–water partition coefficient (Wildman–Crippen LogP) is 6.03. The standard InChI is InChI=1S/C25H27NOS/c1-3-19-14-15-21(4-2)22(16-19)17-26-25(27)23-12-8-9-13-24(23)28-18-20-10-6-5-7-11-20/h5-16H,3-4,17-18H2,1-2H3,(H,26,27). The molecule has 28 heavy (non-hydrogen) atoms. The zero-order chi connectivity index (χ0) is 19.8. The first-order valence-electron chi connectivity index (χ1n) is 9.85. The summed E-state index contributed by atoms with van der Waals surface area (Å²) in [5.74, 6) is 0.837. The lowest BCUT2D eigenvalue weighted by atomic mass is 10.0. The number of hydrogen-bond donors (Lipinski definition) is 1. The summed E-state index contributed by atoms with van der Waals surface area (Å²) >= 11 is 1.70. The van der Waals surface area contributed by atoms with Crippen LogP contribution in [0.4, 0.5) is 0 Å². The second-order valence-electron chi connectivity index (χ2n) is 6.76. The van der Waals surface area contributed by atoms with E-state index in [2.05, 4.69) is 49.5 Å². The van der Waals surface area contributed by atoms with Gasteiger partial charge in [-0.3, -0.25) is 4.79 Å². The molecule has 1 amide bonds. The van der Waals surface area contributed by atoms with Gasteiger partial charge in [0, 0.05) is 17.2 Å². The van der Waals surface area contributed by atoms with Gasteiger partial charge in [0.05, 0.1) is 5.56 Å². The molecule has 0 aliphatic heterocycles. The molecule has 0 saturated heterocycles. The van der Waals surface area contributed by atoms with E-state index in [4.69, 9.17) is 0 Å². The molecule has 0 atom stereocenters. The van der Waals surface area contributed by atoms with E-state index >= 15 is 0 Å². The number of hydrogen-bond acceptors (Lipinski definition) is 2. The van der Waals surface area contributed by atoms with Crippen LogP contribution in [0, 0.1) is 0 Å². The number of aryl methyl sites for hydroxylation is 2. The zero-order valence-electron chi connectivity index (χ0n) is 16.6. The van der Waals surface area contributed by atoms with Crippen molar-refractivity contribution in [2.45, 2.75) is 43.9 Å². The molecule has 0 aliphatic rings. The summed E-state index contributed by atoms with van der Waals surface area (Å²) in [5, 5.41) is 3.13. The minimum atomic E-state index is -0.0138.